The standard InChI is InChI=1S/C21H27N5O4S/c1-14-20(15(2)30-24-14)31(28,29)25-11-8-17(9-12-25)21(27)22-10-13-26-16(3)23-18-6-4-5-7-19(18)26/h4-7,17H,8-13H2,1-3H3,(H,22,27). The van der Waals surface area contributed by atoms with E-state index in [1.165, 1.54) is 4.31 Å². The van der Waals surface area contributed by atoms with Gasteiger partial charge in [-0.25, -0.2) is 13.4 Å². The second-order valence-electron chi connectivity index (χ2n) is 7.92. The summed E-state index contributed by atoms with van der Waals surface area (Å²) in [6.07, 6.45) is 0.975. The fraction of sp³-hybridized carbons (Fsp3) is 0.476. The molecule has 3 heterocycles. The van der Waals surface area contributed by atoms with Crippen LogP contribution in [-0.2, 0) is 21.4 Å². The molecule has 0 bridgehead atoms. The number of nitrogens with zero attached hydrogens (tertiary/aromatic N) is 4. The van der Waals surface area contributed by atoms with E-state index in [1.54, 1.807) is 13.8 Å². The summed E-state index contributed by atoms with van der Waals surface area (Å²) in [5.74, 6) is 0.973. The summed E-state index contributed by atoms with van der Waals surface area (Å²) in [5.41, 5.74) is 2.35. The number of aryl methyl sites for hydroxylation is 3. The van der Waals surface area contributed by atoms with Crippen molar-refractivity contribution in [1.29, 1.82) is 0 Å². The van der Waals surface area contributed by atoms with E-state index in [0.29, 0.717) is 50.5 Å². The first-order valence-corrected chi connectivity index (χ1v) is 11.9. The largest absolute Gasteiger partial charge is 0.360 e. The number of sulfonamides is 1. The first-order valence-electron chi connectivity index (χ1n) is 10.4. The van der Waals surface area contributed by atoms with Gasteiger partial charge < -0.3 is 14.4 Å². The molecule has 1 aromatic carbocycles. The smallest absolute Gasteiger partial charge is 0.248 e. The first-order chi connectivity index (χ1) is 14.8. The molecule has 31 heavy (non-hydrogen) atoms. The molecule has 0 unspecified atom stereocenters. The number of amides is 1. The van der Waals surface area contributed by atoms with Crippen LogP contribution in [0.4, 0.5) is 0 Å². The number of piperidine rings is 1. The fourth-order valence-electron chi connectivity index (χ4n) is 4.24. The van der Waals surface area contributed by atoms with E-state index in [2.05, 4.69) is 20.0 Å². The lowest BCUT2D eigenvalue weighted by molar-refractivity contribution is -0.126. The van der Waals surface area contributed by atoms with Gasteiger partial charge in [0.05, 0.1) is 11.0 Å². The molecule has 0 atom stereocenters. The van der Waals surface area contributed by atoms with Crippen LogP contribution in [0.1, 0.15) is 30.1 Å². The number of carbonyl (C=O) groups is 1. The van der Waals surface area contributed by atoms with Gasteiger partial charge >= 0.3 is 0 Å². The van der Waals surface area contributed by atoms with Gasteiger partial charge in [-0.3, -0.25) is 4.79 Å². The van der Waals surface area contributed by atoms with Gasteiger partial charge in [0, 0.05) is 32.1 Å². The highest BCUT2D eigenvalue weighted by molar-refractivity contribution is 7.89. The van der Waals surface area contributed by atoms with Crippen molar-refractivity contribution in [1.82, 2.24) is 24.3 Å². The zero-order chi connectivity index (χ0) is 22.2. The van der Waals surface area contributed by atoms with Crippen molar-refractivity contribution >= 4 is 27.0 Å². The molecule has 1 amide bonds. The van der Waals surface area contributed by atoms with Crippen molar-refractivity contribution in [3.8, 4) is 0 Å². The molecule has 0 radical (unpaired) electrons. The number of fused-ring (bicyclic) bond motifs is 1. The second kappa shape index (κ2) is 8.43. The number of carbonyl (C=O) groups excluding carboxylic acids is 1. The van der Waals surface area contributed by atoms with E-state index in [0.717, 1.165) is 16.9 Å². The summed E-state index contributed by atoms with van der Waals surface area (Å²) in [6.45, 7) is 6.91. The van der Waals surface area contributed by atoms with E-state index in [1.807, 2.05) is 31.2 Å². The minimum absolute atomic E-state index is 0.0311. The molecule has 1 fully saturated rings. The van der Waals surface area contributed by atoms with Gasteiger partial charge in [-0.05, 0) is 45.7 Å². The number of imidazole rings is 1. The molecule has 4 rings (SSSR count). The lowest BCUT2D eigenvalue weighted by atomic mass is 9.97. The third-order valence-electron chi connectivity index (χ3n) is 5.87. The molecule has 1 aliphatic heterocycles. The number of aromatic nitrogens is 3. The molecular formula is C21H27N5O4S. The van der Waals surface area contributed by atoms with Crippen molar-refractivity contribution in [2.75, 3.05) is 19.6 Å². The molecule has 1 N–H and O–H groups in total. The predicted octanol–water partition coefficient (Wildman–Crippen LogP) is 2.17. The normalized spacial score (nSPS) is 16.1. The number of hydrogen-bond donors (Lipinski definition) is 1. The van der Waals surface area contributed by atoms with Crippen LogP contribution in [0, 0.1) is 26.7 Å². The molecule has 1 saturated heterocycles. The highest BCUT2D eigenvalue weighted by Crippen LogP contribution is 2.27. The summed E-state index contributed by atoms with van der Waals surface area (Å²) in [5, 5.41) is 6.75. The Hall–Kier alpha value is -2.72. The zero-order valence-electron chi connectivity index (χ0n) is 18.0. The fourth-order valence-corrected chi connectivity index (χ4v) is 6.00. The number of rotatable bonds is 6. The highest BCUT2D eigenvalue weighted by Gasteiger charge is 2.35. The Morgan fingerprint density at radius 1 is 1.19 bits per heavy atom. The Morgan fingerprint density at radius 3 is 2.58 bits per heavy atom. The van der Waals surface area contributed by atoms with Gasteiger partial charge in [0.15, 0.2) is 5.76 Å². The molecule has 1 aliphatic rings. The Kier molecular flexibility index (Phi) is 5.85. The summed E-state index contributed by atoms with van der Waals surface area (Å²) in [7, 11) is -3.67. The lowest BCUT2D eigenvalue weighted by Gasteiger charge is -2.30. The molecule has 10 heteroatoms. The summed E-state index contributed by atoms with van der Waals surface area (Å²) >= 11 is 0. The Morgan fingerprint density at radius 2 is 1.90 bits per heavy atom. The van der Waals surface area contributed by atoms with Crippen LogP contribution in [0.2, 0.25) is 0 Å². The van der Waals surface area contributed by atoms with Crippen LogP contribution in [0.15, 0.2) is 33.7 Å². The maximum Gasteiger partial charge on any atom is 0.248 e. The van der Waals surface area contributed by atoms with E-state index in [9.17, 15) is 13.2 Å². The number of hydrogen-bond acceptors (Lipinski definition) is 6. The van der Waals surface area contributed by atoms with E-state index in [-0.39, 0.29) is 16.7 Å². The minimum Gasteiger partial charge on any atom is -0.360 e. The molecule has 0 saturated carbocycles. The maximum absolute atomic E-state index is 12.9. The zero-order valence-corrected chi connectivity index (χ0v) is 18.8. The van der Waals surface area contributed by atoms with Crippen LogP contribution in [0.3, 0.4) is 0 Å². The first kappa shape index (κ1) is 21.5. The van der Waals surface area contributed by atoms with Crippen LogP contribution < -0.4 is 5.32 Å². The molecular weight excluding hydrogens is 418 g/mol. The molecule has 0 aliphatic carbocycles. The second-order valence-corrected chi connectivity index (χ2v) is 9.80. The summed E-state index contributed by atoms with van der Waals surface area (Å²) in [4.78, 5) is 17.3. The number of nitrogens with one attached hydrogen (secondary N) is 1. The van der Waals surface area contributed by atoms with Crippen LogP contribution in [0.5, 0.6) is 0 Å². The topological polar surface area (TPSA) is 110 Å². The van der Waals surface area contributed by atoms with Gasteiger partial charge in [-0.2, -0.15) is 4.31 Å². The van der Waals surface area contributed by atoms with E-state index >= 15 is 0 Å². The summed E-state index contributed by atoms with van der Waals surface area (Å²) in [6, 6.07) is 7.93. The lowest BCUT2D eigenvalue weighted by Crippen LogP contribution is -2.43. The van der Waals surface area contributed by atoms with Crippen molar-refractivity contribution in [3.63, 3.8) is 0 Å². The van der Waals surface area contributed by atoms with E-state index < -0.39 is 10.0 Å². The quantitative estimate of drug-likeness (QED) is 0.623. The minimum atomic E-state index is -3.67. The number of para-hydroxylation sites is 2. The summed E-state index contributed by atoms with van der Waals surface area (Å²) < 4.78 is 34.4. The molecule has 9 nitrogen and oxygen atoms in total. The SMILES string of the molecule is Cc1noc(C)c1S(=O)(=O)N1CCC(C(=O)NCCn2c(C)nc3ccccc32)CC1. The molecule has 166 valence electrons. The average molecular weight is 446 g/mol. The Balaban J connectivity index is 1.32. The van der Waals surface area contributed by atoms with Crippen molar-refractivity contribution in [3.05, 3.63) is 41.5 Å². The Labute approximate surface area is 181 Å². The van der Waals surface area contributed by atoms with Crippen LogP contribution >= 0.6 is 0 Å². The third-order valence-corrected chi connectivity index (χ3v) is 8.01. The molecule has 0 spiro atoms. The monoisotopic (exact) mass is 445 g/mol. The molecule has 2 aromatic heterocycles. The van der Waals surface area contributed by atoms with Crippen LogP contribution in [0.25, 0.3) is 11.0 Å². The predicted molar refractivity (Wildman–Crippen MR) is 115 cm³/mol. The Bertz CT molecular complexity index is 1190. The van der Waals surface area contributed by atoms with Gasteiger partial charge in [0.25, 0.3) is 0 Å². The van der Waals surface area contributed by atoms with E-state index in [4.69, 9.17) is 4.52 Å². The van der Waals surface area contributed by atoms with Gasteiger partial charge in [0.2, 0.25) is 15.9 Å². The maximum atomic E-state index is 12.9. The van der Waals surface area contributed by atoms with Crippen molar-refractivity contribution in [2.45, 2.75) is 45.1 Å². The van der Waals surface area contributed by atoms with Gasteiger partial charge in [0.1, 0.15) is 16.4 Å². The third kappa shape index (κ3) is 4.09. The van der Waals surface area contributed by atoms with Crippen LogP contribution in [-0.4, -0.2) is 53.0 Å². The van der Waals surface area contributed by atoms with Gasteiger partial charge in [-0.15, -0.1) is 0 Å². The highest BCUT2D eigenvalue weighted by atomic mass is 32.2. The van der Waals surface area contributed by atoms with Crippen molar-refractivity contribution < 1.29 is 17.7 Å². The average Bonchev–Trinajstić information content (AvgIpc) is 3.26. The number of benzene rings is 1. The van der Waals surface area contributed by atoms with Gasteiger partial charge in [-0.1, -0.05) is 17.3 Å². The van der Waals surface area contributed by atoms with Crippen molar-refractivity contribution in [2.24, 2.45) is 5.92 Å². The molecule has 3 aromatic rings.